The third-order valence-corrected chi connectivity index (χ3v) is 3.36. The molecule has 4 heteroatoms. The molecule has 0 aliphatic heterocycles. The number of aryl methyl sites for hydroxylation is 3. The van der Waals surface area contributed by atoms with E-state index in [9.17, 15) is 4.79 Å². The molecular formula is C16H17ClN2O. The van der Waals surface area contributed by atoms with E-state index in [1.165, 1.54) is 0 Å². The van der Waals surface area contributed by atoms with E-state index in [0.29, 0.717) is 10.7 Å². The van der Waals surface area contributed by atoms with E-state index in [4.69, 9.17) is 11.6 Å². The highest BCUT2D eigenvalue weighted by Crippen LogP contribution is 2.22. The van der Waals surface area contributed by atoms with Crippen LogP contribution in [0, 0.1) is 13.8 Å². The number of anilines is 1. The number of para-hydroxylation sites is 1. The fourth-order valence-corrected chi connectivity index (χ4v) is 2.40. The van der Waals surface area contributed by atoms with Gasteiger partial charge >= 0.3 is 0 Å². The van der Waals surface area contributed by atoms with Crippen LogP contribution in [0.3, 0.4) is 0 Å². The molecule has 104 valence electrons. The molecule has 0 aliphatic carbocycles. The number of hydrogen-bond acceptors (Lipinski definition) is 2. The minimum Gasteiger partial charge on any atom is -0.321 e. The molecule has 2 aromatic rings. The third kappa shape index (κ3) is 3.17. The number of aromatic nitrogens is 1. The monoisotopic (exact) mass is 288 g/mol. The van der Waals surface area contributed by atoms with Crippen LogP contribution in [0.25, 0.3) is 0 Å². The SMILES string of the molecule is CCc1cccc(C)c1NC(=O)c1cc(C)nc(Cl)c1. The highest BCUT2D eigenvalue weighted by Gasteiger charge is 2.12. The number of halogens is 1. The maximum atomic E-state index is 12.3. The van der Waals surface area contributed by atoms with Crippen LogP contribution in [0.1, 0.15) is 34.1 Å². The van der Waals surface area contributed by atoms with E-state index >= 15 is 0 Å². The standard InChI is InChI=1S/C16H17ClN2O/c1-4-12-7-5-6-10(2)15(12)19-16(20)13-8-11(3)18-14(17)9-13/h5-9H,4H2,1-3H3,(H,19,20). The van der Waals surface area contributed by atoms with E-state index < -0.39 is 0 Å². The van der Waals surface area contributed by atoms with Crippen LogP contribution in [0.15, 0.2) is 30.3 Å². The van der Waals surface area contributed by atoms with Gasteiger partial charge in [-0.3, -0.25) is 4.79 Å². The first-order valence-electron chi connectivity index (χ1n) is 6.55. The van der Waals surface area contributed by atoms with Crippen molar-refractivity contribution < 1.29 is 4.79 Å². The number of amides is 1. The number of nitrogens with zero attached hydrogens (tertiary/aromatic N) is 1. The zero-order chi connectivity index (χ0) is 14.7. The van der Waals surface area contributed by atoms with Gasteiger partial charge in [-0.05, 0) is 43.5 Å². The fraction of sp³-hybridized carbons (Fsp3) is 0.250. The first kappa shape index (κ1) is 14.5. The van der Waals surface area contributed by atoms with Crippen LogP contribution in [-0.4, -0.2) is 10.9 Å². The molecule has 0 atom stereocenters. The normalized spacial score (nSPS) is 10.4. The summed E-state index contributed by atoms with van der Waals surface area (Å²) in [6, 6.07) is 9.31. The topological polar surface area (TPSA) is 42.0 Å². The van der Waals surface area contributed by atoms with Gasteiger partial charge in [0.1, 0.15) is 5.15 Å². The lowest BCUT2D eigenvalue weighted by Gasteiger charge is -2.13. The molecule has 2 rings (SSSR count). The van der Waals surface area contributed by atoms with Gasteiger partial charge in [-0.15, -0.1) is 0 Å². The van der Waals surface area contributed by atoms with E-state index in [0.717, 1.165) is 28.9 Å². The third-order valence-electron chi connectivity index (χ3n) is 3.16. The van der Waals surface area contributed by atoms with Gasteiger partial charge < -0.3 is 5.32 Å². The second-order valence-electron chi connectivity index (χ2n) is 4.74. The second kappa shape index (κ2) is 6.06. The molecule has 0 saturated carbocycles. The summed E-state index contributed by atoms with van der Waals surface area (Å²) in [5.41, 5.74) is 4.30. The van der Waals surface area contributed by atoms with E-state index in [1.54, 1.807) is 12.1 Å². The lowest BCUT2D eigenvalue weighted by atomic mass is 10.1. The summed E-state index contributed by atoms with van der Waals surface area (Å²) >= 11 is 5.90. The zero-order valence-corrected chi connectivity index (χ0v) is 12.6. The van der Waals surface area contributed by atoms with Crippen LogP contribution in [-0.2, 0) is 6.42 Å². The number of benzene rings is 1. The highest BCUT2D eigenvalue weighted by molar-refractivity contribution is 6.29. The van der Waals surface area contributed by atoms with Crippen molar-refractivity contribution in [3.05, 3.63) is 57.9 Å². The van der Waals surface area contributed by atoms with E-state index in [2.05, 4.69) is 17.2 Å². The number of pyridine rings is 1. The number of carbonyl (C=O) groups excluding carboxylic acids is 1. The highest BCUT2D eigenvalue weighted by atomic mass is 35.5. The van der Waals surface area contributed by atoms with Crippen molar-refractivity contribution in [3.63, 3.8) is 0 Å². The Hall–Kier alpha value is -1.87. The second-order valence-corrected chi connectivity index (χ2v) is 5.12. The Morgan fingerprint density at radius 2 is 2.05 bits per heavy atom. The summed E-state index contributed by atoms with van der Waals surface area (Å²) in [5, 5.41) is 3.30. The molecule has 1 N–H and O–H groups in total. The Kier molecular flexibility index (Phi) is 4.40. The molecule has 1 heterocycles. The molecule has 0 aliphatic rings. The average molecular weight is 289 g/mol. The Morgan fingerprint density at radius 3 is 2.70 bits per heavy atom. The van der Waals surface area contributed by atoms with Gasteiger partial charge in [-0.1, -0.05) is 36.7 Å². The van der Waals surface area contributed by atoms with Crippen molar-refractivity contribution in [2.24, 2.45) is 0 Å². The van der Waals surface area contributed by atoms with Crippen molar-refractivity contribution >= 4 is 23.2 Å². The van der Waals surface area contributed by atoms with Crippen molar-refractivity contribution in [2.75, 3.05) is 5.32 Å². The predicted octanol–water partition coefficient (Wildman–Crippen LogP) is 4.17. The number of rotatable bonds is 3. The summed E-state index contributed by atoms with van der Waals surface area (Å²) in [4.78, 5) is 16.4. The van der Waals surface area contributed by atoms with Crippen molar-refractivity contribution in [2.45, 2.75) is 27.2 Å². The molecule has 1 aromatic heterocycles. The minimum atomic E-state index is -0.165. The van der Waals surface area contributed by atoms with Gasteiger partial charge in [0.15, 0.2) is 0 Å². The minimum absolute atomic E-state index is 0.165. The van der Waals surface area contributed by atoms with E-state index in [1.807, 2.05) is 32.0 Å². The smallest absolute Gasteiger partial charge is 0.255 e. The largest absolute Gasteiger partial charge is 0.321 e. The Bertz CT molecular complexity index is 633. The van der Waals surface area contributed by atoms with Crippen LogP contribution < -0.4 is 5.32 Å². The molecule has 20 heavy (non-hydrogen) atoms. The summed E-state index contributed by atoms with van der Waals surface area (Å²) in [6.45, 7) is 5.87. The molecule has 0 saturated heterocycles. The molecule has 0 fully saturated rings. The molecule has 0 unspecified atom stereocenters. The number of nitrogens with one attached hydrogen (secondary N) is 1. The van der Waals surface area contributed by atoms with Gasteiger partial charge in [0.25, 0.3) is 5.91 Å². The lowest BCUT2D eigenvalue weighted by molar-refractivity contribution is 0.102. The number of carbonyl (C=O) groups is 1. The zero-order valence-electron chi connectivity index (χ0n) is 11.8. The van der Waals surface area contributed by atoms with Crippen LogP contribution in [0.5, 0.6) is 0 Å². The summed E-state index contributed by atoms with van der Waals surface area (Å²) in [7, 11) is 0. The fourth-order valence-electron chi connectivity index (χ4n) is 2.15. The quantitative estimate of drug-likeness (QED) is 0.862. The molecule has 0 radical (unpaired) electrons. The van der Waals surface area contributed by atoms with Gasteiger partial charge in [0, 0.05) is 16.9 Å². The van der Waals surface area contributed by atoms with E-state index in [-0.39, 0.29) is 5.91 Å². The summed E-state index contributed by atoms with van der Waals surface area (Å²) in [5.74, 6) is -0.165. The first-order chi connectivity index (χ1) is 9.51. The van der Waals surface area contributed by atoms with Crippen molar-refractivity contribution in [1.82, 2.24) is 4.98 Å². The maximum Gasteiger partial charge on any atom is 0.255 e. The van der Waals surface area contributed by atoms with Crippen molar-refractivity contribution in [3.8, 4) is 0 Å². The van der Waals surface area contributed by atoms with Gasteiger partial charge in [0.2, 0.25) is 0 Å². The lowest BCUT2D eigenvalue weighted by Crippen LogP contribution is -2.14. The molecule has 0 spiro atoms. The van der Waals surface area contributed by atoms with Crippen LogP contribution in [0.2, 0.25) is 5.15 Å². The summed E-state index contributed by atoms with van der Waals surface area (Å²) in [6.07, 6.45) is 0.868. The van der Waals surface area contributed by atoms with Gasteiger partial charge in [-0.2, -0.15) is 0 Å². The molecule has 1 aromatic carbocycles. The molecule has 3 nitrogen and oxygen atoms in total. The van der Waals surface area contributed by atoms with Crippen LogP contribution >= 0.6 is 11.6 Å². The number of hydrogen-bond donors (Lipinski definition) is 1. The predicted molar refractivity (Wildman–Crippen MR) is 82.5 cm³/mol. The van der Waals surface area contributed by atoms with Crippen molar-refractivity contribution in [1.29, 1.82) is 0 Å². The maximum absolute atomic E-state index is 12.3. The average Bonchev–Trinajstić information content (AvgIpc) is 2.39. The molecule has 1 amide bonds. The first-order valence-corrected chi connectivity index (χ1v) is 6.93. The Labute approximate surface area is 124 Å². The Balaban J connectivity index is 2.32. The Morgan fingerprint density at radius 1 is 1.30 bits per heavy atom. The van der Waals surface area contributed by atoms with Crippen LogP contribution in [0.4, 0.5) is 5.69 Å². The molecular weight excluding hydrogens is 272 g/mol. The van der Waals surface area contributed by atoms with Gasteiger partial charge in [-0.25, -0.2) is 4.98 Å². The molecule has 0 bridgehead atoms. The van der Waals surface area contributed by atoms with Gasteiger partial charge in [0.05, 0.1) is 0 Å². The summed E-state index contributed by atoms with van der Waals surface area (Å²) < 4.78 is 0.